The fourth-order valence-corrected chi connectivity index (χ4v) is 4.54. The Labute approximate surface area is 207 Å². The minimum absolute atomic E-state index is 0.0407. The van der Waals surface area contributed by atoms with Crippen LogP contribution >= 0.6 is 27.5 Å². The molecule has 0 bridgehead atoms. The molecule has 0 aliphatic heterocycles. The zero-order chi connectivity index (χ0) is 24.9. The van der Waals surface area contributed by atoms with Crippen molar-refractivity contribution >= 4 is 55.1 Å². The van der Waals surface area contributed by atoms with Crippen LogP contribution in [0.15, 0.2) is 46.9 Å². The first-order valence-electron chi connectivity index (χ1n) is 10.1. The Bertz CT molecular complexity index is 1130. The molecular formula is C22H26BrClFN3O4S. The van der Waals surface area contributed by atoms with Gasteiger partial charge in [-0.05, 0) is 56.7 Å². The molecule has 0 aromatic heterocycles. The predicted octanol–water partition coefficient (Wildman–Crippen LogP) is 3.95. The van der Waals surface area contributed by atoms with Crippen molar-refractivity contribution in [2.24, 2.45) is 0 Å². The fraction of sp³-hybridized carbons (Fsp3) is 0.364. The molecule has 2 amide bonds. The van der Waals surface area contributed by atoms with Gasteiger partial charge in [0.15, 0.2) is 0 Å². The van der Waals surface area contributed by atoms with E-state index in [0.29, 0.717) is 0 Å². The molecule has 0 aliphatic carbocycles. The molecule has 0 fully saturated rings. The Balaban J connectivity index is 2.41. The molecule has 2 rings (SSSR count). The number of carbonyl (C=O) groups excluding carboxylic acids is 2. The van der Waals surface area contributed by atoms with Crippen molar-refractivity contribution in [1.29, 1.82) is 0 Å². The van der Waals surface area contributed by atoms with Crippen LogP contribution in [0, 0.1) is 5.82 Å². The molecule has 2 aromatic rings. The second-order valence-electron chi connectivity index (χ2n) is 7.86. The monoisotopic (exact) mass is 561 g/mol. The van der Waals surface area contributed by atoms with Gasteiger partial charge in [0.25, 0.3) is 0 Å². The van der Waals surface area contributed by atoms with Crippen LogP contribution < -0.4 is 9.62 Å². The number of rotatable bonds is 9. The van der Waals surface area contributed by atoms with Gasteiger partial charge in [-0.25, -0.2) is 12.8 Å². The highest BCUT2D eigenvalue weighted by Gasteiger charge is 2.30. The third kappa shape index (κ3) is 7.68. The van der Waals surface area contributed by atoms with Crippen molar-refractivity contribution < 1.29 is 22.4 Å². The number of nitrogens with one attached hydrogen (secondary N) is 1. The molecular weight excluding hydrogens is 537 g/mol. The molecule has 1 unspecified atom stereocenters. The number of amides is 2. The number of nitrogens with zero attached hydrogens (tertiary/aromatic N) is 2. The van der Waals surface area contributed by atoms with E-state index in [1.807, 2.05) is 6.07 Å². The number of anilines is 1. The number of carbonyl (C=O) groups is 2. The Morgan fingerprint density at radius 1 is 1.15 bits per heavy atom. The SMILES string of the molecule is CC(C)NC(=O)C(C)N(Cc1cccc(Br)c1)C(=O)CN(c1ccc(F)c(Cl)c1)S(C)(=O)=O. The summed E-state index contributed by atoms with van der Waals surface area (Å²) < 4.78 is 40.2. The van der Waals surface area contributed by atoms with Crippen LogP contribution in [0.4, 0.5) is 10.1 Å². The molecule has 2 aromatic carbocycles. The zero-order valence-electron chi connectivity index (χ0n) is 18.7. The van der Waals surface area contributed by atoms with E-state index in [1.54, 1.807) is 39.0 Å². The lowest BCUT2D eigenvalue weighted by atomic mass is 10.1. The van der Waals surface area contributed by atoms with E-state index in [4.69, 9.17) is 11.6 Å². The normalized spacial score (nSPS) is 12.4. The molecule has 0 aliphatic rings. The quantitative estimate of drug-likeness (QED) is 0.501. The Kier molecular flexibility index (Phi) is 9.28. The minimum Gasteiger partial charge on any atom is -0.352 e. The van der Waals surface area contributed by atoms with Crippen LogP contribution in [0.2, 0.25) is 5.02 Å². The third-order valence-corrected chi connectivity index (χ3v) is 6.63. The van der Waals surface area contributed by atoms with Crippen LogP contribution in [-0.2, 0) is 26.2 Å². The summed E-state index contributed by atoms with van der Waals surface area (Å²) in [6, 6.07) is 9.60. The molecule has 0 heterocycles. The second kappa shape index (κ2) is 11.3. The summed E-state index contributed by atoms with van der Waals surface area (Å²) >= 11 is 9.20. The smallest absolute Gasteiger partial charge is 0.244 e. The first-order chi connectivity index (χ1) is 15.3. The van der Waals surface area contributed by atoms with Gasteiger partial charge in [0, 0.05) is 17.1 Å². The summed E-state index contributed by atoms with van der Waals surface area (Å²) in [7, 11) is -3.92. The van der Waals surface area contributed by atoms with Gasteiger partial charge >= 0.3 is 0 Å². The van der Waals surface area contributed by atoms with Crippen molar-refractivity contribution in [3.63, 3.8) is 0 Å². The Morgan fingerprint density at radius 2 is 1.82 bits per heavy atom. The van der Waals surface area contributed by atoms with E-state index >= 15 is 0 Å². The number of sulfonamides is 1. The molecule has 7 nitrogen and oxygen atoms in total. The highest BCUT2D eigenvalue weighted by Crippen LogP contribution is 2.25. The largest absolute Gasteiger partial charge is 0.352 e. The van der Waals surface area contributed by atoms with Crippen LogP contribution in [0.5, 0.6) is 0 Å². The maximum atomic E-state index is 13.6. The standard InChI is InChI=1S/C22H26BrClFN3O4S/c1-14(2)26-22(30)15(3)27(12-16-6-5-7-17(23)10-16)21(29)13-28(33(4,31)32)18-8-9-20(25)19(24)11-18/h5-11,14-15H,12-13H2,1-4H3,(H,26,30). The Hall–Kier alpha value is -2.17. The van der Waals surface area contributed by atoms with Crippen LogP contribution in [0.25, 0.3) is 0 Å². The average molecular weight is 563 g/mol. The van der Waals surface area contributed by atoms with Crippen molar-refractivity contribution in [3.8, 4) is 0 Å². The zero-order valence-corrected chi connectivity index (χ0v) is 21.8. The molecule has 0 saturated carbocycles. The minimum atomic E-state index is -3.92. The molecule has 0 spiro atoms. The van der Waals surface area contributed by atoms with Gasteiger partial charge in [0.1, 0.15) is 18.4 Å². The van der Waals surface area contributed by atoms with Crippen LogP contribution in [-0.4, -0.2) is 50.0 Å². The van der Waals surface area contributed by atoms with Crippen molar-refractivity contribution in [2.45, 2.75) is 39.4 Å². The van der Waals surface area contributed by atoms with E-state index in [-0.39, 0.29) is 29.2 Å². The summed E-state index contributed by atoms with van der Waals surface area (Å²) in [6.07, 6.45) is 0.936. The van der Waals surface area contributed by atoms with E-state index < -0.39 is 34.3 Å². The summed E-state index contributed by atoms with van der Waals surface area (Å²) in [5.74, 6) is -1.69. The first kappa shape index (κ1) is 27.1. The van der Waals surface area contributed by atoms with E-state index in [9.17, 15) is 22.4 Å². The Morgan fingerprint density at radius 3 is 2.36 bits per heavy atom. The molecule has 0 radical (unpaired) electrons. The van der Waals surface area contributed by atoms with Gasteiger partial charge in [-0.15, -0.1) is 0 Å². The highest BCUT2D eigenvalue weighted by molar-refractivity contribution is 9.10. The number of hydrogen-bond acceptors (Lipinski definition) is 4. The van der Waals surface area contributed by atoms with Crippen molar-refractivity contribution in [2.75, 3.05) is 17.1 Å². The lowest BCUT2D eigenvalue weighted by Crippen LogP contribution is -2.52. The molecule has 11 heteroatoms. The van der Waals surface area contributed by atoms with Crippen LogP contribution in [0.3, 0.4) is 0 Å². The van der Waals surface area contributed by atoms with Gasteiger partial charge in [0.05, 0.1) is 17.0 Å². The lowest BCUT2D eigenvalue weighted by Gasteiger charge is -2.32. The predicted molar refractivity (Wildman–Crippen MR) is 131 cm³/mol. The summed E-state index contributed by atoms with van der Waals surface area (Å²) in [6.45, 7) is 4.66. The van der Waals surface area contributed by atoms with Gasteiger partial charge in [-0.2, -0.15) is 0 Å². The molecule has 1 atom stereocenters. The summed E-state index contributed by atoms with van der Waals surface area (Å²) in [5, 5.41) is 2.50. The fourth-order valence-electron chi connectivity index (χ4n) is 3.07. The van der Waals surface area contributed by atoms with E-state index in [1.165, 1.54) is 11.0 Å². The first-order valence-corrected chi connectivity index (χ1v) is 13.1. The van der Waals surface area contributed by atoms with E-state index in [2.05, 4.69) is 21.2 Å². The lowest BCUT2D eigenvalue weighted by molar-refractivity contribution is -0.139. The van der Waals surface area contributed by atoms with Gasteiger partial charge < -0.3 is 10.2 Å². The summed E-state index contributed by atoms with van der Waals surface area (Å²) in [4.78, 5) is 27.4. The third-order valence-electron chi connectivity index (χ3n) is 4.71. The highest BCUT2D eigenvalue weighted by atomic mass is 79.9. The van der Waals surface area contributed by atoms with Crippen LogP contribution in [0.1, 0.15) is 26.3 Å². The van der Waals surface area contributed by atoms with E-state index in [0.717, 1.165) is 32.7 Å². The molecule has 1 N–H and O–H groups in total. The molecule has 33 heavy (non-hydrogen) atoms. The topological polar surface area (TPSA) is 86.8 Å². The maximum absolute atomic E-state index is 13.6. The van der Waals surface area contributed by atoms with Crippen molar-refractivity contribution in [1.82, 2.24) is 10.2 Å². The second-order valence-corrected chi connectivity index (χ2v) is 11.1. The maximum Gasteiger partial charge on any atom is 0.244 e. The number of hydrogen-bond donors (Lipinski definition) is 1. The summed E-state index contributed by atoms with van der Waals surface area (Å²) in [5.41, 5.74) is 0.789. The van der Waals surface area contributed by atoms with Gasteiger partial charge in [-0.1, -0.05) is 39.7 Å². The molecule has 0 saturated heterocycles. The molecule has 180 valence electrons. The number of halogens is 3. The average Bonchev–Trinajstić information content (AvgIpc) is 2.70. The van der Waals surface area contributed by atoms with Gasteiger partial charge in [-0.3, -0.25) is 13.9 Å². The number of benzene rings is 2. The van der Waals surface area contributed by atoms with Crippen molar-refractivity contribution in [3.05, 3.63) is 63.3 Å². The van der Waals surface area contributed by atoms with Gasteiger partial charge in [0.2, 0.25) is 21.8 Å².